The Morgan fingerprint density at radius 2 is 1.86 bits per heavy atom. The van der Waals surface area contributed by atoms with Crippen molar-refractivity contribution in [2.75, 3.05) is 0 Å². The number of carboxylic acid groups (broad SMARTS) is 1. The van der Waals surface area contributed by atoms with E-state index in [9.17, 15) is 9.18 Å². The van der Waals surface area contributed by atoms with Crippen molar-refractivity contribution in [3.05, 3.63) is 65.0 Å². The largest absolute Gasteiger partial charge is 0.489 e. The van der Waals surface area contributed by atoms with Crippen LogP contribution in [0.5, 0.6) is 5.75 Å². The average Bonchev–Trinajstić information content (AvgIpc) is 2.46. The second-order valence-corrected chi connectivity index (χ2v) is 5.12. The molecule has 0 spiro atoms. The second-order valence-electron chi connectivity index (χ2n) is 5.12. The lowest BCUT2D eigenvalue weighted by Gasteiger charge is -2.10. The zero-order chi connectivity index (χ0) is 15.4. The number of rotatable bonds is 5. The lowest BCUT2D eigenvalue weighted by atomic mass is 10.0. The molecule has 0 saturated heterocycles. The van der Waals surface area contributed by atoms with Gasteiger partial charge in [-0.3, -0.25) is 0 Å². The SMILES string of the molecule is CC(C)c1ccc(OCc2ccc(C(=O)O)cc2F)cc1. The molecule has 0 aliphatic rings. The predicted octanol–water partition coefficient (Wildman–Crippen LogP) is 4.23. The first-order valence-electron chi connectivity index (χ1n) is 6.72. The molecule has 1 N–H and O–H groups in total. The van der Waals surface area contributed by atoms with Gasteiger partial charge < -0.3 is 9.84 Å². The summed E-state index contributed by atoms with van der Waals surface area (Å²) in [6.07, 6.45) is 0. The summed E-state index contributed by atoms with van der Waals surface area (Å²) in [6, 6.07) is 11.4. The highest BCUT2D eigenvalue weighted by Crippen LogP contribution is 2.20. The Hall–Kier alpha value is -2.36. The van der Waals surface area contributed by atoms with Crippen LogP contribution in [0.2, 0.25) is 0 Å². The van der Waals surface area contributed by atoms with Crippen molar-refractivity contribution in [2.24, 2.45) is 0 Å². The Labute approximate surface area is 123 Å². The average molecular weight is 288 g/mol. The first kappa shape index (κ1) is 15.0. The third-order valence-electron chi connectivity index (χ3n) is 3.24. The van der Waals surface area contributed by atoms with Crippen LogP contribution in [0.15, 0.2) is 42.5 Å². The van der Waals surface area contributed by atoms with Crippen LogP contribution in [-0.2, 0) is 6.61 Å². The van der Waals surface area contributed by atoms with Gasteiger partial charge in [-0.15, -0.1) is 0 Å². The number of carboxylic acids is 1. The zero-order valence-electron chi connectivity index (χ0n) is 12.0. The third kappa shape index (κ3) is 3.81. The molecule has 0 radical (unpaired) electrons. The van der Waals surface area contributed by atoms with Gasteiger partial charge in [0.05, 0.1) is 5.56 Å². The topological polar surface area (TPSA) is 46.5 Å². The lowest BCUT2D eigenvalue weighted by Crippen LogP contribution is -2.02. The third-order valence-corrected chi connectivity index (χ3v) is 3.24. The highest BCUT2D eigenvalue weighted by molar-refractivity contribution is 5.87. The molecule has 0 saturated carbocycles. The molecule has 2 aromatic carbocycles. The van der Waals surface area contributed by atoms with Crippen molar-refractivity contribution in [1.82, 2.24) is 0 Å². The van der Waals surface area contributed by atoms with E-state index < -0.39 is 11.8 Å². The molecule has 2 aromatic rings. The maximum Gasteiger partial charge on any atom is 0.335 e. The molecule has 0 aliphatic heterocycles. The van der Waals surface area contributed by atoms with Gasteiger partial charge in [0.25, 0.3) is 0 Å². The summed E-state index contributed by atoms with van der Waals surface area (Å²) in [5.41, 5.74) is 1.46. The number of benzene rings is 2. The Bertz CT molecular complexity index is 633. The molecule has 3 nitrogen and oxygen atoms in total. The van der Waals surface area contributed by atoms with Gasteiger partial charge in [0.15, 0.2) is 0 Å². The molecule has 4 heteroatoms. The minimum absolute atomic E-state index is 0.0623. The van der Waals surface area contributed by atoms with Crippen molar-refractivity contribution in [3.8, 4) is 5.75 Å². The predicted molar refractivity (Wildman–Crippen MR) is 78.2 cm³/mol. The fraction of sp³-hybridized carbons (Fsp3) is 0.235. The molecule has 0 bridgehead atoms. The Morgan fingerprint density at radius 1 is 1.19 bits per heavy atom. The minimum atomic E-state index is -1.15. The van der Waals surface area contributed by atoms with E-state index in [1.165, 1.54) is 17.7 Å². The zero-order valence-corrected chi connectivity index (χ0v) is 12.0. The second kappa shape index (κ2) is 6.39. The summed E-state index contributed by atoms with van der Waals surface area (Å²) >= 11 is 0. The van der Waals surface area contributed by atoms with E-state index in [1.54, 1.807) is 0 Å². The van der Waals surface area contributed by atoms with Crippen LogP contribution in [0.25, 0.3) is 0 Å². The van der Waals surface area contributed by atoms with Crippen molar-refractivity contribution < 1.29 is 19.0 Å². The van der Waals surface area contributed by atoms with Crippen LogP contribution < -0.4 is 4.74 Å². The van der Waals surface area contributed by atoms with Crippen LogP contribution >= 0.6 is 0 Å². The fourth-order valence-electron chi connectivity index (χ4n) is 1.91. The number of aromatic carboxylic acids is 1. The van der Waals surface area contributed by atoms with Crippen LogP contribution in [0.4, 0.5) is 4.39 Å². The summed E-state index contributed by atoms with van der Waals surface area (Å²) in [5.74, 6) is -0.625. The lowest BCUT2D eigenvalue weighted by molar-refractivity contribution is 0.0696. The summed E-state index contributed by atoms with van der Waals surface area (Å²) in [6.45, 7) is 4.28. The Morgan fingerprint density at radius 3 is 2.38 bits per heavy atom. The summed E-state index contributed by atoms with van der Waals surface area (Å²) in [7, 11) is 0. The number of hydrogen-bond donors (Lipinski definition) is 1. The van der Waals surface area contributed by atoms with E-state index in [1.807, 2.05) is 24.3 Å². The molecule has 0 aliphatic carbocycles. The Balaban J connectivity index is 2.04. The van der Waals surface area contributed by atoms with Gasteiger partial charge in [-0.25, -0.2) is 9.18 Å². The highest BCUT2D eigenvalue weighted by Gasteiger charge is 2.09. The van der Waals surface area contributed by atoms with Crippen LogP contribution in [0.1, 0.15) is 41.3 Å². The number of carbonyl (C=O) groups is 1. The number of ether oxygens (including phenoxy) is 1. The smallest absolute Gasteiger partial charge is 0.335 e. The van der Waals surface area contributed by atoms with E-state index in [0.717, 1.165) is 6.07 Å². The van der Waals surface area contributed by atoms with Gasteiger partial charge in [-0.2, -0.15) is 0 Å². The van der Waals surface area contributed by atoms with E-state index in [-0.39, 0.29) is 12.2 Å². The van der Waals surface area contributed by atoms with Crippen molar-refractivity contribution >= 4 is 5.97 Å². The molecular formula is C17H17FO3. The quantitative estimate of drug-likeness (QED) is 0.895. The van der Waals surface area contributed by atoms with E-state index >= 15 is 0 Å². The number of hydrogen-bond acceptors (Lipinski definition) is 2. The molecule has 2 rings (SSSR count). The molecule has 0 amide bonds. The molecule has 21 heavy (non-hydrogen) atoms. The molecule has 0 aromatic heterocycles. The molecular weight excluding hydrogens is 271 g/mol. The maximum absolute atomic E-state index is 13.7. The maximum atomic E-state index is 13.7. The monoisotopic (exact) mass is 288 g/mol. The summed E-state index contributed by atoms with van der Waals surface area (Å²) < 4.78 is 19.3. The fourth-order valence-corrected chi connectivity index (χ4v) is 1.91. The summed E-state index contributed by atoms with van der Waals surface area (Å²) in [4.78, 5) is 10.7. The van der Waals surface area contributed by atoms with E-state index in [4.69, 9.17) is 9.84 Å². The molecule has 0 fully saturated rings. The van der Waals surface area contributed by atoms with Gasteiger partial charge in [0.2, 0.25) is 0 Å². The van der Waals surface area contributed by atoms with Gasteiger partial charge in [0, 0.05) is 5.56 Å². The number of halogens is 1. The van der Waals surface area contributed by atoms with E-state index in [2.05, 4.69) is 13.8 Å². The molecule has 0 heterocycles. The minimum Gasteiger partial charge on any atom is -0.489 e. The molecule has 0 unspecified atom stereocenters. The van der Waals surface area contributed by atoms with Gasteiger partial charge in [0.1, 0.15) is 18.2 Å². The van der Waals surface area contributed by atoms with Gasteiger partial charge in [-0.1, -0.05) is 32.0 Å². The van der Waals surface area contributed by atoms with Crippen molar-refractivity contribution in [2.45, 2.75) is 26.4 Å². The van der Waals surface area contributed by atoms with Crippen molar-refractivity contribution in [1.29, 1.82) is 0 Å². The molecule has 0 atom stereocenters. The van der Waals surface area contributed by atoms with E-state index in [0.29, 0.717) is 17.2 Å². The highest BCUT2D eigenvalue weighted by atomic mass is 19.1. The first-order valence-corrected chi connectivity index (χ1v) is 6.72. The Kier molecular flexibility index (Phi) is 4.58. The van der Waals surface area contributed by atoms with Gasteiger partial charge >= 0.3 is 5.97 Å². The van der Waals surface area contributed by atoms with Crippen LogP contribution in [0, 0.1) is 5.82 Å². The molecule has 110 valence electrons. The first-order chi connectivity index (χ1) is 9.97. The van der Waals surface area contributed by atoms with Crippen LogP contribution in [-0.4, -0.2) is 11.1 Å². The summed E-state index contributed by atoms with van der Waals surface area (Å²) in [5, 5.41) is 8.78. The standard InChI is InChI=1S/C17H17FO3/c1-11(2)12-5-7-15(8-6-12)21-10-14-4-3-13(17(19)20)9-16(14)18/h3-9,11H,10H2,1-2H3,(H,19,20). The van der Waals surface area contributed by atoms with Crippen LogP contribution in [0.3, 0.4) is 0 Å². The normalized spacial score (nSPS) is 10.7. The van der Waals surface area contributed by atoms with Crippen molar-refractivity contribution in [3.63, 3.8) is 0 Å². The van der Waals surface area contributed by atoms with Gasteiger partial charge in [-0.05, 0) is 35.7 Å².